The van der Waals surface area contributed by atoms with Gasteiger partial charge in [-0.2, -0.15) is 0 Å². The molecule has 1 amide bonds. The number of likely N-dealkylation sites (N-methyl/N-ethyl adjacent to an activating group) is 1. The minimum Gasteiger partial charge on any atom is -0.395 e. The van der Waals surface area contributed by atoms with Crippen molar-refractivity contribution in [3.8, 4) is 0 Å². The van der Waals surface area contributed by atoms with Crippen molar-refractivity contribution in [3.63, 3.8) is 0 Å². The van der Waals surface area contributed by atoms with E-state index < -0.39 is 0 Å². The summed E-state index contributed by atoms with van der Waals surface area (Å²) >= 11 is 0. The molecule has 1 N–H and O–H groups in total. The topological polar surface area (TPSA) is 53.4 Å². The highest BCUT2D eigenvalue weighted by Crippen LogP contribution is 2.12. The van der Waals surface area contributed by atoms with Crippen molar-refractivity contribution in [2.24, 2.45) is 0 Å². The van der Waals surface area contributed by atoms with E-state index in [1.165, 1.54) is 4.90 Å². The first-order valence-corrected chi connectivity index (χ1v) is 5.90. The fourth-order valence-electron chi connectivity index (χ4n) is 1.77. The molecule has 0 aliphatic heterocycles. The maximum Gasteiger partial charge on any atom is 0.228 e. The quantitative estimate of drug-likeness (QED) is 0.880. The smallest absolute Gasteiger partial charge is 0.228 e. The fourth-order valence-corrected chi connectivity index (χ4v) is 1.77. The molecule has 0 bridgehead atoms. The number of aliphatic hydroxyl groups is 1. The summed E-state index contributed by atoms with van der Waals surface area (Å²) < 4.78 is 0. The third kappa shape index (κ3) is 2.84. The number of rotatable bonds is 4. The third-order valence-corrected chi connectivity index (χ3v) is 2.85. The van der Waals surface area contributed by atoms with Crippen LogP contribution >= 0.6 is 0 Å². The lowest BCUT2D eigenvalue weighted by Gasteiger charge is -2.15. The average molecular weight is 244 g/mol. The van der Waals surface area contributed by atoms with Crippen molar-refractivity contribution in [2.45, 2.75) is 6.42 Å². The molecule has 4 heteroatoms. The molecule has 18 heavy (non-hydrogen) atoms. The van der Waals surface area contributed by atoms with Gasteiger partial charge in [0.15, 0.2) is 0 Å². The molecule has 1 aromatic carbocycles. The van der Waals surface area contributed by atoms with Gasteiger partial charge in [0.05, 0.1) is 24.2 Å². The van der Waals surface area contributed by atoms with E-state index in [0.29, 0.717) is 6.54 Å². The van der Waals surface area contributed by atoms with Gasteiger partial charge in [0, 0.05) is 19.0 Å². The van der Waals surface area contributed by atoms with E-state index in [1.54, 1.807) is 7.05 Å². The summed E-state index contributed by atoms with van der Waals surface area (Å²) in [6.07, 6.45) is 0.265. The molecular weight excluding hydrogens is 228 g/mol. The number of benzene rings is 1. The molecule has 0 saturated heterocycles. The van der Waals surface area contributed by atoms with Gasteiger partial charge in [0.1, 0.15) is 0 Å². The molecule has 2 aromatic rings. The van der Waals surface area contributed by atoms with Gasteiger partial charge in [-0.15, -0.1) is 0 Å². The van der Waals surface area contributed by atoms with Gasteiger partial charge >= 0.3 is 0 Å². The highest BCUT2D eigenvalue weighted by Gasteiger charge is 2.10. The summed E-state index contributed by atoms with van der Waals surface area (Å²) in [6, 6.07) is 11.7. The molecule has 0 atom stereocenters. The summed E-state index contributed by atoms with van der Waals surface area (Å²) in [5.41, 5.74) is 1.65. The van der Waals surface area contributed by atoms with Gasteiger partial charge in [0.2, 0.25) is 5.91 Å². The zero-order valence-electron chi connectivity index (χ0n) is 10.3. The Balaban J connectivity index is 2.14. The molecule has 0 saturated carbocycles. The Morgan fingerprint density at radius 2 is 2.06 bits per heavy atom. The van der Waals surface area contributed by atoms with Crippen molar-refractivity contribution >= 4 is 16.8 Å². The Hall–Kier alpha value is -1.94. The van der Waals surface area contributed by atoms with E-state index in [2.05, 4.69) is 4.98 Å². The van der Waals surface area contributed by atoms with Crippen LogP contribution in [0.5, 0.6) is 0 Å². The van der Waals surface area contributed by atoms with E-state index >= 15 is 0 Å². The number of aliphatic hydroxyl groups excluding tert-OH is 1. The number of carbonyl (C=O) groups excluding carboxylic acids is 1. The highest BCUT2D eigenvalue weighted by molar-refractivity contribution is 5.81. The van der Waals surface area contributed by atoms with Crippen LogP contribution in [0.1, 0.15) is 5.69 Å². The van der Waals surface area contributed by atoms with Gasteiger partial charge in [-0.1, -0.05) is 24.3 Å². The number of fused-ring (bicyclic) bond motifs is 1. The second-order valence-electron chi connectivity index (χ2n) is 4.21. The van der Waals surface area contributed by atoms with Crippen LogP contribution in [-0.2, 0) is 11.2 Å². The lowest BCUT2D eigenvalue weighted by Crippen LogP contribution is -2.30. The molecule has 0 aliphatic rings. The summed E-state index contributed by atoms with van der Waals surface area (Å²) in [5, 5.41) is 9.85. The highest BCUT2D eigenvalue weighted by atomic mass is 16.3. The maximum atomic E-state index is 11.8. The van der Waals surface area contributed by atoms with Crippen LogP contribution < -0.4 is 0 Å². The lowest BCUT2D eigenvalue weighted by molar-refractivity contribution is -0.129. The molecule has 0 aliphatic carbocycles. The molecule has 94 valence electrons. The number of para-hydroxylation sites is 1. The number of hydrogen-bond donors (Lipinski definition) is 1. The molecule has 0 radical (unpaired) electrons. The van der Waals surface area contributed by atoms with Gasteiger partial charge in [-0.05, 0) is 12.1 Å². The van der Waals surface area contributed by atoms with Crippen molar-refractivity contribution in [2.75, 3.05) is 20.2 Å². The Bertz CT molecular complexity index is 554. The molecule has 1 heterocycles. The Morgan fingerprint density at radius 1 is 1.28 bits per heavy atom. The Morgan fingerprint density at radius 3 is 2.83 bits per heavy atom. The fraction of sp³-hybridized carbons (Fsp3) is 0.286. The van der Waals surface area contributed by atoms with Gasteiger partial charge < -0.3 is 10.0 Å². The number of amides is 1. The van der Waals surface area contributed by atoms with Crippen molar-refractivity contribution in [3.05, 3.63) is 42.1 Å². The Kier molecular flexibility index (Phi) is 3.89. The standard InChI is InChI=1S/C14H16N2O2/c1-16(8-9-17)14(18)10-12-7-6-11-4-2-3-5-13(11)15-12/h2-7,17H,8-10H2,1H3. The molecular formula is C14H16N2O2. The van der Waals surface area contributed by atoms with E-state index in [-0.39, 0.29) is 18.9 Å². The number of carbonyl (C=O) groups is 1. The first-order valence-electron chi connectivity index (χ1n) is 5.90. The predicted molar refractivity (Wildman–Crippen MR) is 70.2 cm³/mol. The first kappa shape index (κ1) is 12.5. The molecule has 4 nitrogen and oxygen atoms in total. The Labute approximate surface area is 106 Å². The van der Waals surface area contributed by atoms with Crippen LogP contribution in [0, 0.1) is 0 Å². The lowest BCUT2D eigenvalue weighted by atomic mass is 10.1. The normalized spacial score (nSPS) is 10.6. The maximum absolute atomic E-state index is 11.8. The molecule has 0 fully saturated rings. The van der Waals surface area contributed by atoms with Crippen LogP contribution in [0.4, 0.5) is 0 Å². The molecule has 0 unspecified atom stereocenters. The summed E-state index contributed by atoms with van der Waals surface area (Å²) in [7, 11) is 1.68. The van der Waals surface area contributed by atoms with Crippen LogP contribution in [-0.4, -0.2) is 41.1 Å². The SMILES string of the molecule is CN(CCO)C(=O)Cc1ccc2ccccc2n1. The number of pyridine rings is 1. The minimum absolute atomic E-state index is 0.0204. The van der Waals surface area contributed by atoms with Gasteiger partial charge in [0.25, 0.3) is 0 Å². The number of hydrogen-bond acceptors (Lipinski definition) is 3. The summed E-state index contributed by atoms with van der Waals surface area (Å²) in [5.74, 6) is -0.0353. The zero-order chi connectivity index (χ0) is 13.0. The van der Waals surface area contributed by atoms with Crippen LogP contribution in [0.3, 0.4) is 0 Å². The number of aromatic nitrogens is 1. The second-order valence-corrected chi connectivity index (χ2v) is 4.21. The zero-order valence-corrected chi connectivity index (χ0v) is 10.3. The van der Waals surface area contributed by atoms with Crippen LogP contribution in [0.15, 0.2) is 36.4 Å². The van der Waals surface area contributed by atoms with Crippen molar-refractivity contribution < 1.29 is 9.90 Å². The van der Waals surface area contributed by atoms with E-state index in [4.69, 9.17) is 5.11 Å². The van der Waals surface area contributed by atoms with E-state index in [0.717, 1.165) is 16.6 Å². The van der Waals surface area contributed by atoms with E-state index in [9.17, 15) is 4.79 Å². The summed E-state index contributed by atoms with van der Waals surface area (Å²) in [4.78, 5) is 17.8. The monoisotopic (exact) mass is 244 g/mol. The first-order chi connectivity index (χ1) is 8.70. The van der Waals surface area contributed by atoms with Gasteiger partial charge in [-0.25, -0.2) is 0 Å². The largest absolute Gasteiger partial charge is 0.395 e. The number of nitrogens with zero attached hydrogens (tertiary/aromatic N) is 2. The summed E-state index contributed by atoms with van der Waals surface area (Å²) in [6.45, 7) is 0.333. The predicted octanol–water partition coefficient (Wildman–Crippen LogP) is 1.23. The minimum atomic E-state index is -0.0353. The van der Waals surface area contributed by atoms with E-state index in [1.807, 2.05) is 36.4 Å². The van der Waals surface area contributed by atoms with Crippen molar-refractivity contribution in [1.29, 1.82) is 0 Å². The van der Waals surface area contributed by atoms with Crippen LogP contribution in [0.25, 0.3) is 10.9 Å². The average Bonchev–Trinajstić information content (AvgIpc) is 2.39. The van der Waals surface area contributed by atoms with Crippen molar-refractivity contribution in [1.82, 2.24) is 9.88 Å². The molecule has 0 spiro atoms. The third-order valence-electron chi connectivity index (χ3n) is 2.85. The molecule has 1 aromatic heterocycles. The molecule has 2 rings (SSSR count). The van der Waals surface area contributed by atoms with Gasteiger partial charge in [-0.3, -0.25) is 9.78 Å². The second kappa shape index (κ2) is 5.60. The van der Waals surface area contributed by atoms with Crippen LogP contribution in [0.2, 0.25) is 0 Å².